The number of methoxy groups -OCH3 is 1. The number of phenols is 1. The second-order valence-electron chi connectivity index (χ2n) is 7.91. The molecule has 0 spiro atoms. The van der Waals surface area contributed by atoms with Gasteiger partial charge in [0, 0.05) is 36.5 Å². The number of rotatable bonds is 8. The fourth-order valence-corrected chi connectivity index (χ4v) is 3.60. The number of hydrazone groups is 1. The molecular weight excluding hydrogens is 452 g/mol. The molecule has 0 atom stereocenters. The van der Waals surface area contributed by atoms with E-state index in [2.05, 4.69) is 35.7 Å². The van der Waals surface area contributed by atoms with Crippen molar-refractivity contribution in [2.75, 3.05) is 35.8 Å². The minimum absolute atomic E-state index is 0.00561. The predicted molar refractivity (Wildman–Crippen MR) is 133 cm³/mol. The van der Waals surface area contributed by atoms with Crippen LogP contribution >= 0.6 is 0 Å². The first-order chi connectivity index (χ1) is 17.0. The summed E-state index contributed by atoms with van der Waals surface area (Å²) in [6.45, 7) is 1.67. The minimum atomic E-state index is -0.454. The Morgan fingerprint density at radius 3 is 2.46 bits per heavy atom. The number of nitro benzene ring substituents is 1. The zero-order valence-electron chi connectivity index (χ0n) is 19.2. The van der Waals surface area contributed by atoms with E-state index in [1.165, 1.54) is 24.4 Å². The SMILES string of the molecule is COc1ccc(O)c(/C=N/Nc2nc(Nc3ccc([N+](=O)[O-])cc3)nc(N3CCCCCC3)n2)c1. The molecule has 1 saturated heterocycles. The summed E-state index contributed by atoms with van der Waals surface area (Å²) in [5, 5.41) is 28.2. The molecule has 182 valence electrons. The average Bonchev–Trinajstić information content (AvgIpc) is 3.15. The second-order valence-corrected chi connectivity index (χ2v) is 7.91. The number of non-ortho nitro benzene ring substituents is 1. The van der Waals surface area contributed by atoms with Crippen molar-refractivity contribution in [3.8, 4) is 11.5 Å². The van der Waals surface area contributed by atoms with Crippen molar-refractivity contribution >= 4 is 35.4 Å². The Bertz CT molecular complexity index is 1190. The first-order valence-electron chi connectivity index (χ1n) is 11.2. The summed E-state index contributed by atoms with van der Waals surface area (Å²) in [5.41, 5.74) is 3.85. The van der Waals surface area contributed by atoms with E-state index in [1.54, 1.807) is 31.4 Å². The van der Waals surface area contributed by atoms with E-state index >= 15 is 0 Å². The van der Waals surface area contributed by atoms with Crippen LogP contribution in [-0.4, -0.2) is 51.4 Å². The van der Waals surface area contributed by atoms with Crippen LogP contribution in [0.4, 0.5) is 29.2 Å². The Morgan fingerprint density at radius 2 is 1.77 bits per heavy atom. The normalized spacial score (nSPS) is 13.9. The van der Waals surface area contributed by atoms with Crippen LogP contribution in [0.1, 0.15) is 31.2 Å². The predicted octanol–water partition coefficient (Wildman–Crippen LogP) is 4.06. The molecule has 3 aromatic rings. The van der Waals surface area contributed by atoms with Crippen molar-refractivity contribution < 1.29 is 14.8 Å². The summed E-state index contributed by atoms with van der Waals surface area (Å²) in [6.07, 6.45) is 5.86. The molecule has 2 aromatic carbocycles. The third-order valence-corrected chi connectivity index (χ3v) is 5.45. The maximum Gasteiger partial charge on any atom is 0.269 e. The molecule has 12 nitrogen and oxygen atoms in total. The lowest BCUT2D eigenvalue weighted by atomic mass is 10.2. The largest absolute Gasteiger partial charge is 0.507 e. The molecule has 1 aliphatic rings. The van der Waals surface area contributed by atoms with Crippen molar-refractivity contribution in [3.63, 3.8) is 0 Å². The molecule has 12 heteroatoms. The molecule has 0 saturated carbocycles. The first-order valence-corrected chi connectivity index (χ1v) is 11.2. The van der Waals surface area contributed by atoms with Crippen LogP contribution in [0.15, 0.2) is 47.6 Å². The summed E-state index contributed by atoms with van der Waals surface area (Å²) in [5.74, 6) is 1.63. The molecule has 35 heavy (non-hydrogen) atoms. The zero-order valence-corrected chi connectivity index (χ0v) is 19.2. The minimum Gasteiger partial charge on any atom is -0.507 e. The number of nitro groups is 1. The summed E-state index contributed by atoms with van der Waals surface area (Å²) in [7, 11) is 1.54. The summed E-state index contributed by atoms with van der Waals surface area (Å²) in [4.78, 5) is 26.1. The molecule has 0 aliphatic carbocycles. The Kier molecular flexibility index (Phi) is 7.50. The lowest BCUT2D eigenvalue weighted by Crippen LogP contribution is -2.26. The highest BCUT2D eigenvalue weighted by molar-refractivity contribution is 5.84. The summed E-state index contributed by atoms with van der Waals surface area (Å²) >= 11 is 0. The number of aromatic nitrogens is 3. The number of nitrogens with zero attached hydrogens (tertiary/aromatic N) is 6. The molecule has 0 radical (unpaired) electrons. The molecule has 3 N–H and O–H groups in total. The van der Waals surface area contributed by atoms with Gasteiger partial charge in [0.2, 0.25) is 17.8 Å². The van der Waals surface area contributed by atoms with Crippen LogP contribution in [0.3, 0.4) is 0 Å². The third kappa shape index (κ3) is 6.31. The highest BCUT2D eigenvalue weighted by Crippen LogP contribution is 2.23. The van der Waals surface area contributed by atoms with Gasteiger partial charge in [-0.3, -0.25) is 10.1 Å². The summed E-state index contributed by atoms with van der Waals surface area (Å²) in [6, 6.07) is 10.8. The van der Waals surface area contributed by atoms with Gasteiger partial charge in [-0.15, -0.1) is 0 Å². The van der Waals surface area contributed by atoms with Gasteiger partial charge in [-0.1, -0.05) is 12.8 Å². The van der Waals surface area contributed by atoms with E-state index in [0.717, 1.165) is 38.8 Å². The van der Waals surface area contributed by atoms with Crippen LogP contribution in [-0.2, 0) is 0 Å². The van der Waals surface area contributed by atoms with Crippen LogP contribution in [0.25, 0.3) is 0 Å². The van der Waals surface area contributed by atoms with Gasteiger partial charge in [-0.2, -0.15) is 20.1 Å². The number of phenolic OH excluding ortho intramolecular Hbond substituents is 1. The maximum absolute atomic E-state index is 10.9. The van der Waals surface area contributed by atoms with Crippen molar-refractivity contribution in [1.29, 1.82) is 0 Å². The molecule has 4 rings (SSSR count). The van der Waals surface area contributed by atoms with Crippen LogP contribution in [0.5, 0.6) is 11.5 Å². The van der Waals surface area contributed by atoms with Crippen molar-refractivity contribution in [3.05, 3.63) is 58.1 Å². The van der Waals surface area contributed by atoms with Crippen molar-refractivity contribution in [2.45, 2.75) is 25.7 Å². The standard InChI is InChI=1S/C23H26N8O4/c1-35-19-10-11-20(32)16(14-19)15-24-29-22-26-21(25-17-6-8-18(9-7-17)31(33)34)27-23(28-22)30-12-4-2-3-5-13-30/h6-11,14-15,32H,2-5,12-13H2,1H3,(H2,25,26,27,28,29)/b24-15+. The number of nitrogens with one attached hydrogen (secondary N) is 2. The molecule has 1 fully saturated rings. The Hall–Kier alpha value is -4.48. The number of hydrogen-bond donors (Lipinski definition) is 3. The van der Waals surface area contributed by atoms with Crippen molar-refractivity contribution in [2.24, 2.45) is 5.10 Å². The first kappa shape index (κ1) is 23.7. The average molecular weight is 479 g/mol. The van der Waals surface area contributed by atoms with E-state index in [4.69, 9.17) is 4.74 Å². The fourth-order valence-electron chi connectivity index (χ4n) is 3.60. The van der Waals surface area contributed by atoms with E-state index in [0.29, 0.717) is 22.9 Å². The van der Waals surface area contributed by atoms with Gasteiger partial charge in [0.25, 0.3) is 5.69 Å². The topological polar surface area (TPSA) is 151 Å². The number of hydrogen-bond acceptors (Lipinski definition) is 11. The maximum atomic E-state index is 10.9. The third-order valence-electron chi connectivity index (χ3n) is 5.45. The highest BCUT2D eigenvalue weighted by Gasteiger charge is 2.16. The van der Waals surface area contributed by atoms with Gasteiger partial charge < -0.3 is 20.1 Å². The number of aromatic hydroxyl groups is 1. The Balaban J connectivity index is 1.58. The Labute approximate surface area is 201 Å². The lowest BCUT2D eigenvalue weighted by molar-refractivity contribution is -0.384. The molecule has 0 unspecified atom stereocenters. The molecule has 0 amide bonds. The molecule has 2 heterocycles. The van der Waals surface area contributed by atoms with Gasteiger partial charge in [0.05, 0.1) is 18.2 Å². The second kappa shape index (κ2) is 11.1. The highest BCUT2D eigenvalue weighted by atomic mass is 16.6. The Morgan fingerprint density at radius 1 is 1.06 bits per heavy atom. The number of ether oxygens (including phenoxy) is 1. The van der Waals surface area contributed by atoms with Crippen LogP contribution in [0, 0.1) is 10.1 Å². The van der Waals surface area contributed by atoms with Crippen LogP contribution < -0.4 is 20.4 Å². The van der Waals surface area contributed by atoms with Gasteiger partial charge in [0.1, 0.15) is 11.5 Å². The van der Waals surface area contributed by atoms with E-state index in [-0.39, 0.29) is 23.3 Å². The molecular formula is C23H26N8O4. The fraction of sp³-hybridized carbons (Fsp3) is 0.304. The van der Waals surface area contributed by atoms with Crippen molar-refractivity contribution in [1.82, 2.24) is 15.0 Å². The number of benzene rings is 2. The van der Waals surface area contributed by atoms with E-state index in [1.807, 2.05) is 0 Å². The molecule has 0 bridgehead atoms. The molecule has 1 aliphatic heterocycles. The monoisotopic (exact) mass is 478 g/mol. The number of anilines is 4. The van der Waals surface area contributed by atoms with E-state index < -0.39 is 4.92 Å². The lowest BCUT2D eigenvalue weighted by Gasteiger charge is -2.21. The van der Waals surface area contributed by atoms with Crippen LogP contribution in [0.2, 0.25) is 0 Å². The van der Waals surface area contributed by atoms with Gasteiger partial charge >= 0.3 is 0 Å². The quantitative estimate of drug-likeness (QED) is 0.245. The summed E-state index contributed by atoms with van der Waals surface area (Å²) < 4.78 is 5.18. The smallest absolute Gasteiger partial charge is 0.269 e. The van der Waals surface area contributed by atoms with Gasteiger partial charge in [0.15, 0.2) is 0 Å². The zero-order chi connectivity index (χ0) is 24.6. The van der Waals surface area contributed by atoms with Gasteiger partial charge in [-0.25, -0.2) is 5.43 Å². The van der Waals surface area contributed by atoms with E-state index in [9.17, 15) is 15.2 Å². The molecule has 1 aromatic heterocycles. The van der Waals surface area contributed by atoms with Gasteiger partial charge in [-0.05, 0) is 43.2 Å².